The van der Waals surface area contributed by atoms with Crippen molar-refractivity contribution in [3.05, 3.63) is 82.5 Å². The Morgan fingerprint density at radius 3 is 2.66 bits per heavy atom. The molecule has 3 aliphatic rings. The molecule has 2 aliphatic carbocycles. The number of benzene rings is 1. The molecule has 0 saturated heterocycles. The fraction of sp³-hybridized carbons (Fsp3) is 0.387. The lowest BCUT2D eigenvalue weighted by Gasteiger charge is -2.37. The normalized spacial score (nSPS) is 22.3. The largest absolute Gasteiger partial charge is 0.496 e. The van der Waals surface area contributed by atoms with E-state index in [9.17, 15) is 9.59 Å². The molecule has 7 nitrogen and oxygen atoms in total. The van der Waals surface area contributed by atoms with E-state index < -0.39 is 5.92 Å². The zero-order valence-corrected chi connectivity index (χ0v) is 21.9. The van der Waals surface area contributed by atoms with Gasteiger partial charge in [0.15, 0.2) is 5.78 Å². The number of nitrogens with one attached hydrogen (secondary N) is 2. The summed E-state index contributed by atoms with van der Waals surface area (Å²) in [7, 11) is 1.66. The molecule has 1 aliphatic heterocycles. The molecule has 0 spiro atoms. The number of Topliss-reactive ketones (excluding diaryl/α,β-unsaturated/α-hetero) is 1. The number of carbonyl (C=O) groups is 2. The number of rotatable bonds is 5. The molecule has 2 atom stereocenters. The second kappa shape index (κ2) is 10.1. The Hall–Kier alpha value is -3.87. The van der Waals surface area contributed by atoms with Crippen molar-refractivity contribution in [2.45, 2.75) is 69.8 Å². The van der Waals surface area contributed by atoms with Gasteiger partial charge >= 0.3 is 5.97 Å². The minimum Gasteiger partial charge on any atom is -0.496 e. The highest BCUT2D eigenvalue weighted by Crippen LogP contribution is 2.48. The van der Waals surface area contributed by atoms with Crippen LogP contribution in [0.25, 0.3) is 11.0 Å². The van der Waals surface area contributed by atoms with Crippen LogP contribution in [0.3, 0.4) is 0 Å². The molecule has 1 saturated carbocycles. The van der Waals surface area contributed by atoms with E-state index in [1.54, 1.807) is 13.3 Å². The minimum absolute atomic E-state index is 0.0150. The first-order chi connectivity index (χ1) is 18.5. The molecular formula is C31H33N3O4. The topological polar surface area (TPSA) is 93.3 Å². The van der Waals surface area contributed by atoms with Crippen LogP contribution in [0.4, 0.5) is 0 Å². The molecule has 0 amide bonds. The van der Waals surface area contributed by atoms with Gasteiger partial charge in [-0.15, -0.1) is 0 Å². The monoisotopic (exact) mass is 511 g/mol. The van der Waals surface area contributed by atoms with Gasteiger partial charge in [0.05, 0.1) is 12.7 Å². The number of para-hydroxylation sites is 1. The van der Waals surface area contributed by atoms with Gasteiger partial charge in [-0.3, -0.25) is 4.79 Å². The average molecular weight is 512 g/mol. The van der Waals surface area contributed by atoms with Gasteiger partial charge in [0.1, 0.15) is 17.5 Å². The summed E-state index contributed by atoms with van der Waals surface area (Å²) in [6.07, 6.45) is 9.62. The summed E-state index contributed by atoms with van der Waals surface area (Å²) in [5, 5.41) is 4.37. The molecule has 6 rings (SSSR count). The van der Waals surface area contributed by atoms with Crippen LogP contribution in [-0.4, -0.2) is 34.9 Å². The van der Waals surface area contributed by atoms with Gasteiger partial charge in [-0.05, 0) is 68.4 Å². The third kappa shape index (κ3) is 4.30. The Bertz CT molecular complexity index is 1460. The molecule has 0 radical (unpaired) electrons. The summed E-state index contributed by atoms with van der Waals surface area (Å²) < 4.78 is 11.7. The number of hydrogen-bond acceptors (Lipinski definition) is 6. The fourth-order valence-corrected chi connectivity index (χ4v) is 6.48. The van der Waals surface area contributed by atoms with Gasteiger partial charge in [0.25, 0.3) is 0 Å². The summed E-state index contributed by atoms with van der Waals surface area (Å²) in [5.74, 6) is -0.0447. The molecular weight excluding hydrogens is 478 g/mol. The van der Waals surface area contributed by atoms with Crippen molar-refractivity contribution in [1.82, 2.24) is 15.3 Å². The highest BCUT2D eigenvalue weighted by atomic mass is 16.5. The number of ether oxygens (including phenoxy) is 2. The standard InChI is InChI=1S/C31H33N3O4/c1-18-27(31(36)38-20-8-4-3-5-9-20)28(22-12-14-32-30-23(22)13-15-33-30)29-24(34-18)16-19(17-25(29)35)21-10-6-7-11-26(21)37-2/h6-7,10-15,19-20,28,34H,3-5,8-9,16-17H2,1-2H3,(H,32,33)/t19?,28-/m1/s1. The molecule has 1 unspecified atom stereocenters. The van der Waals surface area contributed by atoms with Crippen LogP contribution in [0.2, 0.25) is 0 Å². The maximum atomic E-state index is 14.0. The molecule has 1 aromatic carbocycles. The minimum atomic E-state index is -0.519. The number of allylic oxidation sites excluding steroid dienone is 3. The lowest BCUT2D eigenvalue weighted by molar-refractivity contribution is -0.146. The van der Waals surface area contributed by atoms with E-state index in [4.69, 9.17) is 9.47 Å². The Morgan fingerprint density at radius 2 is 1.84 bits per heavy atom. The number of nitrogens with zero attached hydrogens (tertiary/aromatic N) is 1. The highest BCUT2D eigenvalue weighted by Gasteiger charge is 2.43. The Balaban J connectivity index is 1.44. The van der Waals surface area contributed by atoms with E-state index in [-0.39, 0.29) is 23.8 Å². The summed E-state index contributed by atoms with van der Waals surface area (Å²) in [6, 6.07) is 11.8. The SMILES string of the molecule is COc1ccccc1C1CC(=O)C2=C(C1)NC(C)=C(C(=O)OC1CCCCC1)[C@H]2c1ccnc2[nH]ccc12. The van der Waals surface area contributed by atoms with Crippen LogP contribution in [0, 0.1) is 0 Å². The first-order valence-corrected chi connectivity index (χ1v) is 13.5. The van der Waals surface area contributed by atoms with Gasteiger partial charge in [-0.1, -0.05) is 24.6 Å². The second-order valence-electron chi connectivity index (χ2n) is 10.6. The highest BCUT2D eigenvalue weighted by molar-refractivity contribution is 6.05. The second-order valence-corrected chi connectivity index (χ2v) is 10.6. The maximum absolute atomic E-state index is 14.0. The number of fused-ring (bicyclic) bond motifs is 1. The number of carbonyl (C=O) groups excluding carboxylic acids is 2. The lowest BCUT2D eigenvalue weighted by atomic mass is 9.71. The van der Waals surface area contributed by atoms with Crippen LogP contribution < -0.4 is 10.1 Å². The van der Waals surface area contributed by atoms with Crippen molar-refractivity contribution in [3.63, 3.8) is 0 Å². The van der Waals surface area contributed by atoms with E-state index >= 15 is 0 Å². The molecule has 3 heterocycles. The number of pyridine rings is 1. The molecule has 0 bridgehead atoms. The lowest BCUT2D eigenvalue weighted by Crippen LogP contribution is -2.37. The third-order valence-corrected chi connectivity index (χ3v) is 8.26. The molecule has 3 aromatic rings. The van der Waals surface area contributed by atoms with Gasteiger partial charge in [-0.25, -0.2) is 9.78 Å². The number of hydrogen-bond donors (Lipinski definition) is 2. The van der Waals surface area contributed by atoms with E-state index in [0.717, 1.165) is 65.0 Å². The number of dihydropyridines is 1. The molecule has 7 heteroatoms. The van der Waals surface area contributed by atoms with Crippen LogP contribution in [0.5, 0.6) is 5.75 Å². The van der Waals surface area contributed by atoms with E-state index in [0.29, 0.717) is 24.0 Å². The van der Waals surface area contributed by atoms with Gasteiger partial charge in [0, 0.05) is 53.0 Å². The maximum Gasteiger partial charge on any atom is 0.337 e. The van der Waals surface area contributed by atoms with E-state index in [1.807, 2.05) is 49.5 Å². The van der Waals surface area contributed by atoms with Crippen LogP contribution >= 0.6 is 0 Å². The molecule has 1 fully saturated rings. The van der Waals surface area contributed by atoms with E-state index in [1.165, 1.54) is 6.42 Å². The van der Waals surface area contributed by atoms with Gasteiger partial charge in [0.2, 0.25) is 0 Å². The van der Waals surface area contributed by atoms with Crippen LogP contribution in [0.1, 0.15) is 74.8 Å². The zero-order valence-electron chi connectivity index (χ0n) is 21.9. The zero-order chi connectivity index (χ0) is 26.2. The number of aromatic amines is 1. The van der Waals surface area contributed by atoms with Crippen LogP contribution in [0.15, 0.2) is 71.3 Å². The Kier molecular flexibility index (Phi) is 6.52. The first-order valence-electron chi connectivity index (χ1n) is 13.5. The van der Waals surface area contributed by atoms with Gasteiger partial charge < -0.3 is 19.8 Å². The number of methoxy groups -OCH3 is 1. The summed E-state index contributed by atoms with van der Waals surface area (Å²) in [6.45, 7) is 1.92. The quantitative estimate of drug-likeness (QED) is 0.420. The number of aromatic nitrogens is 2. The fourth-order valence-electron chi connectivity index (χ4n) is 6.48. The first kappa shape index (κ1) is 24.5. The molecule has 38 heavy (non-hydrogen) atoms. The third-order valence-electron chi connectivity index (χ3n) is 8.26. The van der Waals surface area contributed by atoms with Gasteiger partial charge in [-0.2, -0.15) is 0 Å². The molecule has 196 valence electrons. The van der Waals surface area contributed by atoms with Crippen molar-refractivity contribution in [2.24, 2.45) is 0 Å². The average Bonchev–Trinajstić information content (AvgIpc) is 3.42. The van der Waals surface area contributed by atoms with E-state index in [2.05, 4.69) is 15.3 Å². The van der Waals surface area contributed by atoms with Crippen molar-refractivity contribution >= 4 is 22.8 Å². The molecule has 2 aromatic heterocycles. The predicted octanol–water partition coefficient (Wildman–Crippen LogP) is 5.81. The van der Waals surface area contributed by atoms with Crippen molar-refractivity contribution in [1.29, 1.82) is 0 Å². The number of esters is 1. The summed E-state index contributed by atoms with van der Waals surface area (Å²) in [5.41, 5.74) is 5.44. The Morgan fingerprint density at radius 1 is 1.03 bits per heavy atom. The van der Waals surface area contributed by atoms with Crippen molar-refractivity contribution in [3.8, 4) is 5.75 Å². The van der Waals surface area contributed by atoms with Crippen molar-refractivity contribution in [2.75, 3.05) is 7.11 Å². The summed E-state index contributed by atoms with van der Waals surface area (Å²) in [4.78, 5) is 35.4. The number of H-pyrrole nitrogens is 1. The summed E-state index contributed by atoms with van der Waals surface area (Å²) >= 11 is 0. The molecule has 2 N–H and O–H groups in total. The van der Waals surface area contributed by atoms with Crippen LogP contribution in [-0.2, 0) is 14.3 Å². The number of ketones is 1. The predicted molar refractivity (Wildman–Crippen MR) is 145 cm³/mol. The smallest absolute Gasteiger partial charge is 0.337 e. The van der Waals surface area contributed by atoms with Crippen molar-refractivity contribution < 1.29 is 19.1 Å². The Labute approximate surface area is 222 Å².